The Hall–Kier alpha value is -1.10. The number of ether oxygens (including phenoxy) is 1. The lowest BCUT2D eigenvalue weighted by molar-refractivity contribution is -0.170. The zero-order chi connectivity index (χ0) is 13.1. The molecular weight excluding hydrogens is 210 g/mol. The minimum absolute atomic E-state index is 0.00591. The standard InChI is InChI=1S/C11H21NO4/c1-7(2)6-11(12,8(13)14)9(15)16-10(3,4)5/h7H,6,12H2,1-5H3,(H,13,14)/t11-/m1/s1. The van der Waals surface area contributed by atoms with Crippen LogP contribution in [0.4, 0.5) is 0 Å². The quantitative estimate of drug-likeness (QED) is 0.559. The first-order chi connectivity index (χ1) is 6.99. The van der Waals surface area contributed by atoms with E-state index in [4.69, 9.17) is 15.6 Å². The molecule has 0 aromatic carbocycles. The summed E-state index contributed by atoms with van der Waals surface area (Å²) in [5.41, 5.74) is 2.92. The number of carboxylic acid groups (broad SMARTS) is 1. The Labute approximate surface area is 96.0 Å². The molecule has 0 bridgehead atoms. The summed E-state index contributed by atoms with van der Waals surface area (Å²) in [4.78, 5) is 22.8. The van der Waals surface area contributed by atoms with Gasteiger partial charge in [0.05, 0.1) is 0 Å². The van der Waals surface area contributed by atoms with Crippen LogP contribution in [0.25, 0.3) is 0 Å². The molecule has 0 heterocycles. The maximum atomic E-state index is 11.7. The first kappa shape index (κ1) is 14.9. The number of carbonyl (C=O) groups is 2. The van der Waals surface area contributed by atoms with Gasteiger partial charge in [-0.1, -0.05) is 13.8 Å². The van der Waals surface area contributed by atoms with Gasteiger partial charge in [0.2, 0.25) is 5.54 Å². The molecule has 0 aliphatic carbocycles. The highest BCUT2D eigenvalue weighted by atomic mass is 16.6. The molecule has 0 aromatic rings. The number of carboxylic acids is 1. The largest absolute Gasteiger partial charge is 0.479 e. The molecule has 0 rings (SSSR count). The number of hydrogen-bond acceptors (Lipinski definition) is 4. The van der Waals surface area contributed by atoms with E-state index in [2.05, 4.69) is 0 Å². The molecule has 1 atom stereocenters. The zero-order valence-corrected chi connectivity index (χ0v) is 10.5. The van der Waals surface area contributed by atoms with Gasteiger partial charge in [0, 0.05) is 0 Å². The lowest BCUT2D eigenvalue weighted by Gasteiger charge is -2.29. The van der Waals surface area contributed by atoms with E-state index >= 15 is 0 Å². The highest BCUT2D eigenvalue weighted by Gasteiger charge is 2.45. The van der Waals surface area contributed by atoms with Crippen molar-refractivity contribution in [2.24, 2.45) is 11.7 Å². The third-order valence-corrected chi connectivity index (χ3v) is 1.87. The average Bonchev–Trinajstić information content (AvgIpc) is 1.98. The Morgan fingerprint density at radius 1 is 1.31 bits per heavy atom. The molecule has 0 aromatic heterocycles. The van der Waals surface area contributed by atoms with Gasteiger partial charge in [-0.05, 0) is 33.1 Å². The predicted octanol–water partition coefficient (Wildman–Crippen LogP) is 1.16. The van der Waals surface area contributed by atoms with Gasteiger partial charge in [0.25, 0.3) is 0 Å². The van der Waals surface area contributed by atoms with E-state index in [1.54, 1.807) is 34.6 Å². The molecule has 0 radical (unpaired) electrons. The maximum absolute atomic E-state index is 11.7. The first-order valence-corrected chi connectivity index (χ1v) is 5.25. The summed E-state index contributed by atoms with van der Waals surface area (Å²) in [6, 6.07) is 0. The fourth-order valence-corrected chi connectivity index (χ4v) is 1.27. The first-order valence-electron chi connectivity index (χ1n) is 5.25. The van der Waals surface area contributed by atoms with Crippen molar-refractivity contribution in [3.05, 3.63) is 0 Å². The summed E-state index contributed by atoms with van der Waals surface area (Å²) in [7, 11) is 0. The Morgan fingerprint density at radius 3 is 2.00 bits per heavy atom. The number of hydrogen-bond donors (Lipinski definition) is 2. The Balaban J connectivity index is 4.92. The second-order valence-electron chi connectivity index (χ2n) is 5.38. The van der Waals surface area contributed by atoms with Crippen LogP contribution in [0.5, 0.6) is 0 Å². The topological polar surface area (TPSA) is 89.6 Å². The third kappa shape index (κ3) is 4.18. The molecule has 0 spiro atoms. The van der Waals surface area contributed by atoms with Gasteiger partial charge in [0.15, 0.2) is 0 Å². The minimum atomic E-state index is -1.96. The number of aliphatic carboxylic acids is 1. The monoisotopic (exact) mass is 231 g/mol. The molecule has 94 valence electrons. The summed E-state index contributed by atoms with van der Waals surface area (Å²) in [6.07, 6.45) is 0.0528. The summed E-state index contributed by atoms with van der Waals surface area (Å²) in [6.45, 7) is 8.61. The summed E-state index contributed by atoms with van der Waals surface area (Å²) < 4.78 is 5.02. The van der Waals surface area contributed by atoms with Gasteiger partial charge in [-0.2, -0.15) is 0 Å². The van der Waals surface area contributed by atoms with Crippen molar-refractivity contribution in [1.29, 1.82) is 0 Å². The Bertz CT molecular complexity index is 280. The van der Waals surface area contributed by atoms with E-state index < -0.39 is 23.1 Å². The van der Waals surface area contributed by atoms with Crippen LogP contribution >= 0.6 is 0 Å². The maximum Gasteiger partial charge on any atom is 0.338 e. The number of esters is 1. The normalized spacial score (nSPS) is 15.7. The smallest absolute Gasteiger partial charge is 0.338 e. The van der Waals surface area contributed by atoms with Crippen LogP contribution in [0.15, 0.2) is 0 Å². The van der Waals surface area contributed by atoms with E-state index in [-0.39, 0.29) is 12.3 Å². The van der Waals surface area contributed by atoms with Crippen molar-refractivity contribution in [2.75, 3.05) is 0 Å². The van der Waals surface area contributed by atoms with E-state index in [0.29, 0.717) is 0 Å². The van der Waals surface area contributed by atoms with E-state index in [1.165, 1.54) is 0 Å². The number of nitrogens with two attached hydrogens (primary N) is 1. The van der Waals surface area contributed by atoms with Gasteiger partial charge < -0.3 is 15.6 Å². The van der Waals surface area contributed by atoms with Crippen molar-refractivity contribution >= 4 is 11.9 Å². The van der Waals surface area contributed by atoms with Crippen LogP contribution in [0, 0.1) is 5.92 Å². The molecule has 3 N–H and O–H groups in total. The third-order valence-electron chi connectivity index (χ3n) is 1.87. The Kier molecular flexibility index (Phi) is 4.49. The van der Waals surface area contributed by atoms with Crippen molar-refractivity contribution in [3.63, 3.8) is 0 Å². The fourth-order valence-electron chi connectivity index (χ4n) is 1.27. The van der Waals surface area contributed by atoms with Crippen molar-refractivity contribution in [2.45, 2.75) is 52.2 Å². The Morgan fingerprint density at radius 2 is 1.75 bits per heavy atom. The molecular formula is C11H21NO4. The molecule has 0 saturated heterocycles. The predicted molar refractivity (Wildman–Crippen MR) is 59.9 cm³/mol. The van der Waals surface area contributed by atoms with Crippen molar-refractivity contribution < 1.29 is 19.4 Å². The van der Waals surface area contributed by atoms with Gasteiger partial charge in [-0.25, -0.2) is 9.59 Å². The number of carbonyl (C=O) groups excluding carboxylic acids is 1. The highest BCUT2D eigenvalue weighted by Crippen LogP contribution is 2.20. The van der Waals surface area contributed by atoms with E-state index in [1.807, 2.05) is 0 Å². The number of rotatable bonds is 4. The molecule has 0 fully saturated rings. The van der Waals surface area contributed by atoms with Crippen molar-refractivity contribution in [1.82, 2.24) is 0 Å². The van der Waals surface area contributed by atoms with Gasteiger partial charge >= 0.3 is 11.9 Å². The van der Waals surface area contributed by atoms with Crippen LogP contribution < -0.4 is 5.73 Å². The lowest BCUT2D eigenvalue weighted by atomic mass is 9.90. The summed E-state index contributed by atoms with van der Waals surface area (Å²) in [5, 5.41) is 9.02. The van der Waals surface area contributed by atoms with Crippen LogP contribution in [0.2, 0.25) is 0 Å². The van der Waals surface area contributed by atoms with Gasteiger partial charge in [0.1, 0.15) is 5.60 Å². The van der Waals surface area contributed by atoms with E-state index in [0.717, 1.165) is 0 Å². The lowest BCUT2D eigenvalue weighted by Crippen LogP contribution is -2.57. The summed E-state index contributed by atoms with van der Waals surface area (Å²) in [5.74, 6) is -2.25. The zero-order valence-electron chi connectivity index (χ0n) is 10.5. The molecule has 0 aliphatic rings. The molecule has 0 amide bonds. The molecule has 16 heavy (non-hydrogen) atoms. The fraction of sp³-hybridized carbons (Fsp3) is 0.818. The second kappa shape index (κ2) is 4.82. The molecule has 0 saturated carbocycles. The van der Waals surface area contributed by atoms with Crippen LogP contribution in [0.1, 0.15) is 41.0 Å². The molecule has 0 aliphatic heterocycles. The average molecular weight is 231 g/mol. The molecule has 0 unspecified atom stereocenters. The molecule has 5 heteroatoms. The second-order valence-corrected chi connectivity index (χ2v) is 5.38. The highest BCUT2D eigenvalue weighted by molar-refractivity contribution is 6.03. The molecule has 5 nitrogen and oxygen atoms in total. The van der Waals surface area contributed by atoms with Gasteiger partial charge in [-0.3, -0.25) is 0 Å². The van der Waals surface area contributed by atoms with E-state index in [9.17, 15) is 9.59 Å². The van der Waals surface area contributed by atoms with Crippen LogP contribution in [-0.4, -0.2) is 28.2 Å². The minimum Gasteiger partial charge on any atom is -0.479 e. The van der Waals surface area contributed by atoms with Crippen LogP contribution in [0.3, 0.4) is 0 Å². The van der Waals surface area contributed by atoms with Crippen LogP contribution in [-0.2, 0) is 14.3 Å². The van der Waals surface area contributed by atoms with Gasteiger partial charge in [-0.15, -0.1) is 0 Å². The SMILES string of the molecule is CC(C)C[C@@](N)(C(=O)O)C(=O)OC(C)(C)C. The summed E-state index contributed by atoms with van der Waals surface area (Å²) >= 11 is 0. The van der Waals surface area contributed by atoms with Crippen molar-refractivity contribution in [3.8, 4) is 0 Å².